The van der Waals surface area contributed by atoms with Crippen molar-refractivity contribution in [2.45, 2.75) is 39.2 Å². The summed E-state index contributed by atoms with van der Waals surface area (Å²) in [6.45, 7) is 5.56. The van der Waals surface area contributed by atoms with E-state index in [2.05, 4.69) is 5.32 Å². The Bertz CT molecular complexity index is 428. The summed E-state index contributed by atoms with van der Waals surface area (Å²) in [4.78, 5) is 11.8. The first-order chi connectivity index (χ1) is 8.41. The molecule has 0 spiro atoms. The van der Waals surface area contributed by atoms with E-state index in [0.29, 0.717) is 24.0 Å². The maximum Gasteiger partial charge on any atom is 0.251 e. The number of rotatable bonds is 5. The van der Waals surface area contributed by atoms with Crippen LogP contribution in [0.5, 0.6) is 0 Å². The predicted molar refractivity (Wildman–Crippen MR) is 69.0 cm³/mol. The Balaban J connectivity index is 2.68. The highest BCUT2D eigenvalue weighted by Crippen LogP contribution is 2.14. The molecule has 1 amide bonds. The van der Waals surface area contributed by atoms with Crippen LogP contribution in [0.2, 0.25) is 0 Å². The number of nitrogens with one attached hydrogen (secondary N) is 1. The number of amides is 1. The van der Waals surface area contributed by atoms with Crippen molar-refractivity contribution in [1.29, 1.82) is 0 Å². The molecule has 100 valence electrons. The normalized spacial score (nSPS) is 11.4. The van der Waals surface area contributed by atoms with Crippen LogP contribution in [0.1, 0.15) is 42.6 Å². The lowest BCUT2D eigenvalue weighted by Gasteiger charge is -2.25. The highest BCUT2D eigenvalue weighted by molar-refractivity contribution is 5.94. The minimum absolute atomic E-state index is 0.204. The second kappa shape index (κ2) is 5.96. The van der Waals surface area contributed by atoms with Crippen molar-refractivity contribution in [3.05, 3.63) is 35.1 Å². The first-order valence-electron chi connectivity index (χ1n) is 6.18. The molecule has 0 atom stereocenters. The van der Waals surface area contributed by atoms with Crippen LogP contribution in [-0.4, -0.2) is 23.2 Å². The molecule has 0 aliphatic carbocycles. The molecule has 0 heterocycles. The summed E-state index contributed by atoms with van der Waals surface area (Å²) in [7, 11) is 0. The van der Waals surface area contributed by atoms with E-state index >= 15 is 0 Å². The van der Waals surface area contributed by atoms with E-state index in [1.165, 1.54) is 18.2 Å². The minimum Gasteiger partial charge on any atom is -0.388 e. The smallest absolute Gasteiger partial charge is 0.251 e. The molecular formula is C14H20FNO2. The lowest BCUT2D eigenvalue weighted by atomic mass is 9.97. The Morgan fingerprint density at radius 1 is 1.39 bits per heavy atom. The standard InChI is InChI=1S/C14H20FNO2/c1-4-14(18,5-2)9-16-13(17)11-6-7-12(15)10(3)8-11/h6-8,18H,4-5,9H2,1-3H3,(H,16,17). The van der Waals surface area contributed by atoms with Crippen LogP contribution in [-0.2, 0) is 0 Å². The van der Waals surface area contributed by atoms with Crippen LogP contribution in [0.15, 0.2) is 18.2 Å². The lowest BCUT2D eigenvalue weighted by Crippen LogP contribution is -2.42. The maximum atomic E-state index is 13.1. The second-order valence-corrected chi connectivity index (χ2v) is 4.58. The molecule has 0 bridgehead atoms. The van der Waals surface area contributed by atoms with Gasteiger partial charge in [-0.05, 0) is 43.5 Å². The zero-order valence-electron chi connectivity index (χ0n) is 11.1. The fourth-order valence-corrected chi connectivity index (χ4v) is 1.63. The lowest BCUT2D eigenvalue weighted by molar-refractivity contribution is 0.0314. The topological polar surface area (TPSA) is 49.3 Å². The molecule has 0 aliphatic heterocycles. The molecule has 0 unspecified atom stereocenters. The number of hydrogen-bond acceptors (Lipinski definition) is 2. The quantitative estimate of drug-likeness (QED) is 0.846. The summed E-state index contributed by atoms with van der Waals surface area (Å²) in [6.07, 6.45) is 1.15. The van der Waals surface area contributed by atoms with E-state index in [1.54, 1.807) is 6.92 Å². The third-order valence-electron chi connectivity index (χ3n) is 3.31. The molecule has 3 nitrogen and oxygen atoms in total. The van der Waals surface area contributed by atoms with Crippen molar-refractivity contribution < 1.29 is 14.3 Å². The van der Waals surface area contributed by atoms with Crippen LogP contribution in [0.25, 0.3) is 0 Å². The van der Waals surface area contributed by atoms with Crippen molar-refractivity contribution in [2.75, 3.05) is 6.54 Å². The van der Waals surface area contributed by atoms with Gasteiger partial charge in [0, 0.05) is 12.1 Å². The van der Waals surface area contributed by atoms with Gasteiger partial charge in [0.25, 0.3) is 5.91 Å². The fourth-order valence-electron chi connectivity index (χ4n) is 1.63. The molecule has 1 aromatic carbocycles. The highest BCUT2D eigenvalue weighted by atomic mass is 19.1. The molecule has 0 aromatic heterocycles. The Hall–Kier alpha value is -1.42. The number of carbonyl (C=O) groups excluding carboxylic acids is 1. The van der Waals surface area contributed by atoms with Gasteiger partial charge in [-0.15, -0.1) is 0 Å². The molecule has 0 fully saturated rings. The molecule has 4 heteroatoms. The van der Waals surface area contributed by atoms with E-state index < -0.39 is 5.60 Å². The van der Waals surface area contributed by atoms with E-state index in [1.807, 2.05) is 13.8 Å². The molecule has 2 N–H and O–H groups in total. The minimum atomic E-state index is -0.870. The Morgan fingerprint density at radius 2 is 2.00 bits per heavy atom. The Kier molecular flexibility index (Phi) is 4.84. The first kappa shape index (κ1) is 14.6. The summed E-state index contributed by atoms with van der Waals surface area (Å²) < 4.78 is 13.1. The second-order valence-electron chi connectivity index (χ2n) is 4.58. The van der Waals surface area contributed by atoms with Gasteiger partial charge in [-0.3, -0.25) is 4.79 Å². The van der Waals surface area contributed by atoms with Crippen molar-refractivity contribution in [1.82, 2.24) is 5.32 Å². The Labute approximate surface area is 107 Å². The van der Waals surface area contributed by atoms with Crippen molar-refractivity contribution in [3.63, 3.8) is 0 Å². The zero-order valence-corrected chi connectivity index (χ0v) is 11.1. The van der Waals surface area contributed by atoms with Crippen LogP contribution in [0.4, 0.5) is 4.39 Å². The predicted octanol–water partition coefficient (Wildman–Crippen LogP) is 2.42. The van der Waals surface area contributed by atoms with Gasteiger partial charge in [0.05, 0.1) is 5.60 Å². The number of carbonyl (C=O) groups is 1. The molecule has 0 radical (unpaired) electrons. The van der Waals surface area contributed by atoms with Gasteiger partial charge < -0.3 is 10.4 Å². The number of aryl methyl sites for hydroxylation is 1. The third-order valence-corrected chi connectivity index (χ3v) is 3.31. The monoisotopic (exact) mass is 253 g/mol. The van der Waals surface area contributed by atoms with E-state index in [9.17, 15) is 14.3 Å². The SMILES string of the molecule is CCC(O)(CC)CNC(=O)c1ccc(F)c(C)c1. The molecule has 0 saturated carbocycles. The van der Waals surface area contributed by atoms with Crippen LogP contribution in [0, 0.1) is 12.7 Å². The van der Waals surface area contributed by atoms with E-state index in [4.69, 9.17) is 0 Å². The van der Waals surface area contributed by atoms with Gasteiger partial charge in [-0.2, -0.15) is 0 Å². The summed E-state index contributed by atoms with van der Waals surface area (Å²) in [5, 5.41) is 12.7. The van der Waals surface area contributed by atoms with Crippen LogP contribution in [0.3, 0.4) is 0 Å². The largest absolute Gasteiger partial charge is 0.388 e. The molecule has 1 aromatic rings. The number of halogens is 1. The average molecular weight is 253 g/mol. The van der Waals surface area contributed by atoms with Crippen LogP contribution >= 0.6 is 0 Å². The molecule has 1 rings (SSSR count). The average Bonchev–Trinajstić information content (AvgIpc) is 2.38. The zero-order chi connectivity index (χ0) is 13.8. The van der Waals surface area contributed by atoms with Crippen molar-refractivity contribution in [3.8, 4) is 0 Å². The van der Waals surface area contributed by atoms with Gasteiger partial charge in [-0.1, -0.05) is 13.8 Å². The number of hydrogen-bond donors (Lipinski definition) is 2. The molecular weight excluding hydrogens is 233 g/mol. The summed E-state index contributed by atoms with van der Waals surface area (Å²) >= 11 is 0. The van der Waals surface area contributed by atoms with Crippen molar-refractivity contribution >= 4 is 5.91 Å². The van der Waals surface area contributed by atoms with Gasteiger partial charge in [0.1, 0.15) is 5.82 Å². The van der Waals surface area contributed by atoms with E-state index in [-0.39, 0.29) is 18.3 Å². The molecule has 0 aliphatic rings. The van der Waals surface area contributed by atoms with Gasteiger partial charge in [0.2, 0.25) is 0 Å². The van der Waals surface area contributed by atoms with Crippen LogP contribution < -0.4 is 5.32 Å². The van der Waals surface area contributed by atoms with Gasteiger partial charge in [0.15, 0.2) is 0 Å². The van der Waals surface area contributed by atoms with Crippen molar-refractivity contribution in [2.24, 2.45) is 0 Å². The number of aliphatic hydroxyl groups is 1. The fraction of sp³-hybridized carbons (Fsp3) is 0.500. The molecule has 0 saturated heterocycles. The first-order valence-corrected chi connectivity index (χ1v) is 6.18. The maximum absolute atomic E-state index is 13.1. The summed E-state index contributed by atoms with van der Waals surface area (Å²) in [6, 6.07) is 4.21. The Morgan fingerprint density at radius 3 is 2.50 bits per heavy atom. The van der Waals surface area contributed by atoms with Gasteiger partial charge >= 0.3 is 0 Å². The molecule has 18 heavy (non-hydrogen) atoms. The van der Waals surface area contributed by atoms with E-state index in [0.717, 1.165) is 0 Å². The summed E-state index contributed by atoms with van der Waals surface area (Å²) in [5.74, 6) is -0.622. The summed E-state index contributed by atoms with van der Waals surface area (Å²) in [5.41, 5.74) is -0.0302. The third kappa shape index (κ3) is 3.53. The number of benzene rings is 1. The van der Waals surface area contributed by atoms with Gasteiger partial charge in [-0.25, -0.2) is 4.39 Å². The highest BCUT2D eigenvalue weighted by Gasteiger charge is 2.23.